The van der Waals surface area contributed by atoms with Gasteiger partial charge < -0.3 is 15.5 Å². The summed E-state index contributed by atoms with van der Waals surface area (Å²) in [5.74, 6) is -0.0578. The van der Waals surface area contributed by atoms with Gasteiger partial charge in [0, 0.05) is 25.1 Å². The highest BCUT2D eigenvalue weighted by molar-refractivity contribution is 5.94. The predicted octanol–water partition coefficient (Wildman–Crippen LogP) is 1.65. The minimum Gasteiger partial charge on any atom is -0.352 e. The zero-order chi connectivity index (χ0) is 12.1. The van der Waals surface area contributed by atoms with Crippen LogP contribution >= 0.6 is 24.8 Å². The number of rotatable bonds is 5. The Morgan fingerprint density at radius 2 is 2.11 bits per heavy atom. The van der Waals surface area contributed by atoms with Crippen molar-refractivity contribution < 1.29 is 4.79 Å². The van der Waals surface area contributed by atoms with Crippen LogP contribution in [0.4, 0.5) is 0 Å². The molecule has 2 aromatic heterocycles. The average Bonchev–Trinajstić information content (AvgIpc) is 2.81. The molecule has 0 bridgehead atoms. The average molecular weight is 305 g/mol. The van der Waals surface area contributed by atoms with E-state index in [0.29, 0.717) is 18.7 Å². The number of imidazole rings is 1. The van der Waals surface area contributed by atoms with Gasteiger partial charge in [-0.15, -0.1) is 24.8 Å². The minimum absolute atomic E-state index is 0. The number of nitrogens with zero attached hydrogens (tertiary/aromatic N) is 2. The number of pyridine rings is 1. The molecule has 3 N–H and O–H groups in total. The molecule has 19 heavy (non-hydrogen) atoms. The number of amides is 1. The highest BCUT2D eigenvalue weighted by atomic mass is 35.5. The second-order valence-electron chi connectivity index (χ2n) is 3.86. The summed E-state index contributed by atoms with van der Waals surface area (Å²) in [4.78, 5) is 15.9. The second kappa shape index (κ2) is 8.74. The summed E-state index contributed by atoms with van der Waals surface area (Å²) < 4.78 is 1.83. The molecule has 0 aliphatic carbocycles. The third-order valence-corrected chi connectivity index (χ3v) is 2.57. The Kier molecular flexibility index (Phi) is 8.14. The number of carbonyl (C=O) groups excluding carboxylic acids is 1. The van der Waals surface area contributed by atoms with Gasteiger partial charge in [0.05, 0.1) is 5.56 Å². The lowest BCUT2D eigenvalue weighted by Gasteiger charge is -2.05. The van der Waals surface area contributed by atoms with Crippen LogP contribution in [0.5, 0.6) is 0 Å². The van der Waals surface area contributed by atoms with Crippen LogP contribution in [0.3, 0.4) is 0 Å². The lowest BCUT2D eigenvalue weighted by molar-refractivity contribution is 0.0952. The van der Waals surface area contributed by atoms with Crippen LogP contribution in [0.1, 0.15) is 23.2 Å². The number of hydrogen-bond donors (Lipinski definition) is 2. The number of unbranched alkanes of at least 4 members (excludes halogenated alkanes) is 1. The SMILES string of the molecule is Cl.Cl.NCCCCNC(=O)c1ccc2nccn2c1. The van der Waals surface area contributed by atoms with Gasteiger partial charge in [0.1, 0.15) is 5.65 Å². The van der Waals surface area contributed by atoms with Crippen LogP contribution in [0.25, 0.3) is 5.65 Å². The molecule has 0 aromatic carbocycles. The highest BCUT2D eigenvalue weighted by Crippen LogP contribution is 2.04. The Bertz CT molecular complexity index is 515. The molecule has 0 spiro atoms. The summed E-state index contributed by atoms with van der Waals surface area (Å²) in [5.41, 5.74) is 6.86. The summed E-state index contributed by atoms with van der Waals surface area (Å²) >= 11 is 0. The fourth-order valence-electron chi connectivity index (χ4n) is 1.63. The van der Waals surface area contributed by atoms with Gasteiger partial charge in [-0.3, -0.25) is 4.79 Å². The fourth-order valence-corrected chi connectivity index (χ4v) is 1.63. The highest BCUT2D eigenvalue weighted by Gasteiger charge is 2.05. The summed E-state index contributed by atoms with van der Waals surface area (Å²) in [6.45, 7) is 1.33. The molecule has 1 amide bonds. The molecule has 2 heterocycles. The molecule has 0 radical (unpaired) electrons. The number of nitrogens with one attached hydrogen (secondary N) is 1. The monoisotopic (exact) mass is 304 g/mol. The molecule has 0 aliphatic rings. The molecular weight excluding hydrogens is 287 g/mol. The Morgan fingerprint density at radius 1 is 1.32 bits per heavy atom. The number of nitrogens with two attached hydrogens (primary N) is 1. The summed E-state index contributed by atoms with van der Waals surface area (Å²) in [5, 5.41) is 2.86. The van der Waals surface area contributed by atoms with Crippen molar-refractivity contribution in [3.63, 3.8) is 0 Å². The quantitative estimate of drug-likeness (QED) is 0.825. The maximum absolute atomic E-state index is 11.8. The Balaban J connectivity index is 0.00000162. The van der Waals surface area contributed by atoms with Gasteiger partial charge in [0.15, 0.2) is 0 Å². The van der Waals surface area contributed by atoms with E-state index in [4.69, 9.17) is 5.73 Å². The van der Waals surface area contributed by atoms with E-state index in [0.717, 1.165) is 18.5 Å². The molecule has 0 fully saturated rings. The van der Waals surface area contributed by atoms with Crippen molar-refractivity contribution in [2.75, 3.05) is 13.1 Å². The maximum atomic E-state index is 11.8. The van der Waals surface area contributed by atoms with Crippen molar-refractivity contribution in [2.45, 2.75) is 12.8 Å². The van der Waals surface area contributed by atoms with Gasteiger partial charge in [-0.2, -0.15) is 0 Å². The molecule has 0 atom stereocenters. The lowest BCUT2D eigenvalue weighted by atomic mass is 10.2. The summed E-state index contributed by atoms with van der Waals surface area (Å²) in [7, 11) is 0. The van der Waals surface area contributed by atoms with E-state index in [2.05, 4.69) is 10.3 Å². The molecule has 2 aromatic rings. The smallest absolute Gasteiger partial charge is 0.252 e. The molecule has 2 rings (SSSR count). The number of halogens is 2. The van der Waals surface area contributed by atoms with Gasteiger partial charge in [-0.05, 0) is 31.5 Å². The zero-order valence-electron chi connectivity index (χ0n) is 10.4. The Labute approximate surface area is 124 Å². The molecule has 0 unspecified atom stereocenters. The molecule has 0 aliphatic heterocycles. The molecule has 106 valence electrons. The van der Waals surface area contributed by atoms with E-state index in [9.17, 15) is 4.79 Å². The predicted molar refractivity (Wildman–Crippen MR) is 80.3 cm³/mol. The topological polar surface area (TPSA) is 72.4 Å². The van der Waals surface area contributed by atoms with Gasteiger partial charge in [-0.25, -0.2) is 4.98 Å². The van der Waals surface area contributed by atoms with Gasteiger partial charge in [0.25, 0.3) is 5.91 Å². The van der Waals surface area contributed by atoms with Crippen molar-refractivity contribution in [3.8, 4) is 0 Å². The van der Waals surface area contributed by atoms with Crippen LogP contribution in [-0.4, -0.2) is 28.4 Å². The van der Waals surface area contributed by atoms with E-state index in [1.807, 2.05) is 16.7 Å². The standard InChI is InChI=1S/C12H16N4O.2ClH/c13-5-1-2-6-15-12(17)10-3-4-11-14-7-8-16(11)9-10;;/h3-4,7-9H,1-2,5-6,13H2,(H,15,17);2*1H. The Morgan fingerprint density at radius 3 is 2.84 bits per heavy atom. The van der Waals surface area contributed by atoms with Crippen LogP contribution < -0.4 is 11.1 Å². The number of carbonyl (C=O) groups is 1. The van der Waals surface area contributed by atoms with Gasteiger partial charge >= 0.3 is 0 Å². The van der Waals surface area contributed by atoms with Crippen molar-refractivity contribution >= 4 is 36.4 Å². The molecular formula is C12H18Cl2N4O. The van der Waals surface area contributed by atoms with E-state index in [1.165, 1.54) is 0 Å². The van der Waals surface area contributed by atoms with Crippen LogP contribution in [-0.2, 0) is 0 Å². The lowest BCUT2D eigenvalue weighted by Crippen LogP contribution is -2.25. The first-order chi connectivity index (χ1) is 8.31. The summed E-state index contributed by atoms with van der Waals surface area (Å²) in [6, 6.07) is 3.61. The maximum Gasteiger partial charge on any atom is 0.252 e. The zero-order valence-corrected chi connectivity index (χ0v) is 12.0. The van der Waals surface area contributed by atoms with E-state index < -0.39 is 0 Å². The van der Waals surface area contributed by atoms with Crippen LogP contribution in [0.2, 0.25) is 0 Å². The normalized spacial score (nSPS) is 9.53. The van der Waals surface area contributed by atoms with E-state index >= 15 is 0 Å². The van der Waals surface area contributed by atoms with Crippen LogP contribution in [0.15, 0.2) is 30.7 Å². The largest absolute Gasteiger partial charge is 0.352 e. The second-order valence-corrected chi connectivity index (χ2v) is 3.86. The van der Waals surface area contributed by atoms with E-state index in [-0.39, 0.29) is 30.7 Å². The molecule has 0 saturated carbocycles. The minimum atomic E-state index is -0.0578. The molecule has 5 nitrogen and oxygen atoms in total. The third kappa shape index (κ3) is 4.70. The van der Waals surface area contributed by atoms with E-state index in [1.54, 1.807) is 18.5 Å². The Hall–Kier alpha value is -1.30. The number of fused-ring (bicyclic) bond motifs is 1. The fraction of sp³-hybridized carbons (Fsp3) is 0.333. The van der Waals surface area contributed by atoms with Gasteiger partial charge in [0.2, 0.25) is 0 Å². The molecule has 7 heteroatoms. The van der Waals surface area contributed by atoms with Crippen molar-refractivity contribution in [3.05, 3.63) is 36.3 Å². The number of hydrogen-bond acceptors (Lipinski definition) is 3. The first-order valence-electron chi connectivity index (χ1n) is 5.72. The van der Waals surface area contributed by atoms with Crippen molar-refractivity contribution in [1.82, 2.24) is 14.7 Å². The first kappa shape index (κ1) is 17.7. The summed E-state index contributed by atoms with van der Waals surface area (Å²) in [6.07, 6.45) is 7.15. The first-order valence-corrected chi connectivity index (χ1v) is 5.72. The third-order valence-electron chi connectivity index (χ3n) is 2.57. The van der Waals surface area contributed by atoms with Crippen LogP contribution in [0, 0.1) is 0 Å². The van der Waals surface area contributed by atoms with Crippen molar-refractivity contribution in [2.24, 2.45) is 5.73 Å². The molecule has 0 saturated heterocycles. The van der Waals surface area contributed by atoms with Gasteiger partial charge in [-0.1, -0.05) is 0 Å². The number of aromatic nitrogens is 2. The van der Waals surface area contributed by atoms with Crippen molar-refractivity contribution in [1.29, 1.82) is 0 Å².